The van der Waals surface area contributed by atoms with Gasteiger partial charge < -0.3 is 9.87 Å². The summed E-state index contributed by atoms with van der Waals surface area (Å²) in [6, 6.07) is 0. The van der Waals surface area contributed by atoms with Crippen molar-refractivity contribution in [2.24, 2.45) is 5.92 Å². The van der Waals surface area contributed by atoms with Crippen LogP contribution in [0, 0.1) is 5.92 Å². The highest BCUT2D eigenvalue weighted by molar-refractivity contribution is 7.87. The molecule has 0 aliphatic carbocycles. The van der Waals surface area contributed by atoms with E-state index in [-0.39, 0.29) is 5.92 Å². The van der Waals surface area contributed by atoms with E-state index in [2.05, 4.69) is 5.32 Å². The van der Waals surface area contributed by atoms with Gasteiger partial charge >= 0.3 is 0 Å². The summed E-state index contributed by atoms with van der Waals surface area (Å²) >= 11 is 0. The molecular formula is C8H16NO4S-. The van der Waals surface area contributed by atoms with Crippen molar-refractivity contribution >= 4 is 16.0 Å². The van der Waals surface area contributed by atoms with Gasteiger partial charge in [0.1, 0.15) is 15.0 Å². The molecule has 0 aliphatic heterocycles. The lowest BCUT2D eigenvalue weighted by molar-refractivity contribution is -0.125. The maximum Gasteiger partial charge on any atom is 0.223 e. The SMILES string of the molecule is CCC(C)C(=O)NC(C)(C)S(=O)(=O)[O-]. The topological polar surface area (TPSA) is 86.3 Å². The lowest BCUT2D eigenvalue weighted by Gasteiger charge is -2.30. The minimum absolute atomic E-state index is 0.295. The number of nitrogens with one attached hydrogen (secondary N) is 1. The predicted octanol–water partition coefficient (Wildman–Crippen LogP) is 0.430. The summed E-state index contributed by atoms with van der Waals surface area (Å²) in [5, 5.41) is 2.21. The minimum atomic E-state index is -4.52. The second-order valence-corrected chi connectivity index (χ2v) is 5.69. The average molecular weight is 222 g/mol. The minimum Gasteiger partial charge on any atom is -0.746 e. The smallest absolute Gasteiger partial charge is 0.223 e. The van der Waals surface area contributed by atoms with Gasteiger partial charge in [-0.15, -0.1) is 0 Å². The molecule has 14 heavy (non-hydrogen) atoms. The summed E-state index contributed by atoms with van der Waals surface area (Å²) in [6.07, 6.45) is 0.598. The van der Waals surface area contributed by atoms with Crippen LogP contribution in [0.2, 0.25) is 0 Å². The van der Waals surface area contributed by atoms with Crippen molar-refractivity contribution in [1.82, 2.24) is 5.32 Å². The van der Waals surface area contributed by atoms with Crippen LogP contribution in [0.3, 0.4) is 0 Å². The molecule has 0 aromatic rings. The standard InChI is InChI=1S/C8H17NO4S/c1-5-6(2)7(10)9-8(3,4)14(11,12)13/h6H,5H2,1-4H3,(H,9,10)(H,11,12,13)/p-1. The Hall–Kier alpha value is -0.620. The Bertz CT molecular complexity index is 307. The summed E-state index contributed by atoms with van der Waals surface area (Å²) in [5.74, 6) is -0.715. The quantitative estimate of drug-likeness (QED) is 0.699. The highest BCUT2D eigenvalue weighted by Gasteiger charge is 2.29. The van der Waals surface area contributed by atoms with E-state index in [0.29, 0.717) is 6.42 Å². The van der Waals surface area contributed by atoms with Crippen LogP contribution in [0.15, 0.2) is 0 Å². The van der Waals surface area contributed by atoms with Gasteiger partial charge in [-0.25, -0.2) is 8.42 Å². The molecule has 84 valence electrons. The lowest BCUT2D eigenvalue weighted by atomic mass is 10.1. The molecule has 0 heterocycles. The van der Waals surface area contributed by atoms with Crippen molar-refractivity contribution in [1.29, 1.82) is 0 Å². The van der Waals surface area contributed by atoms with E-state index in [1.807, 2.05) is 6.92 Å². The largest absolute Gasteiger partial charge is 0.746 e. The molecule has 0 aromatic heterocycles. The van der Waals surface area contributed by atoms with Crippen molar-refractivity contribution in [2.75, 3.05) is 0 Å². The number of amides is 1. The first-order chi connectivity index (χ1) is 6.12. The monoisotopic (exact) mass is 222 g/mol. The van der Waals surface area contributed by atoms with Crippen molar-refractivity contribution < 1.29 is 17.8 Å². The fourth-order valence-corrected chi connectivity index (χ4v) is 0.893. The van der Waals surface area contributed by atoms with Crippen LogP contribution >= 0.6 is 0 Å². The van der Waals surface area contributed by atoms with Gasteiger partial charge in [0.05, 0.1) is 0 Å². The molecule has 0 aromatic carbocycles. The molecule has 0 saturated carbocycles. The maximum absolute atomic E-state index is 11.3. The number of carbonyl (C=O) groups excluding carboxylic acids is 1. The van der Waals surface area contributed by atoms with Crippen molar-refractivity contribution in [3.8, 4) is 0 Å². The van der Waals surface area contributed by atoms with Gasteiger partial charge in [-0.05, 0) is 20.3 Å². The molecular weight excluding hydrogens is 206 g/mol. The van der Waals surface area contributed by atoms with Gasteiger partial charge in [0.25, 0.3) is 0 Å². The van der Waals surface area contributed by atoms with E-state index in [1.165, 1.54) is 13.8 Å². The lowest BCUT2D eigenvalue weighted by Crippen LogP contribution is -2.50. The maximum atomic E-state index is 11.3. The highest BCUT2D eigenvalue weighted by Crippen LogP contribution is 2.12. The normalized spacial score (nSPS) is 14.9. The number of hydrogen-bond acceptors (Lipinski definition) is 4. The molecule has 0 bridgehead atoms. The van der Waals surface area contributed by atoms with Crippen LogP contribution in [-0.4, -0.2) is 23.7 Å². The molecule has 0 spiro atoms. The summed E-state index contributed by atoms with van der Waals surface area (Å²) in [6.45, 7) is 5.83. The zero-order valence-corrected chi connectivity index (χ0v) is 9.64. The Morgan fingerprint density at radius 3 is 2.21 bits per heavy atom. The summed E-state index contributed by atoms with van der Waals surface area (Å²) in [7, 11) is -4.52. The zero-order chi connectivity index (χ0) is 11.6. The van der Waals surface area contributed by atoms with E-state index in [0.717, 1.165) is 0 Å². The Morgan fingerprint density at radius 1 is 1.50 bits per heavy atom. The Kier molecular flexibility index (Phi) is 4.08. The molecule has 1 N–H and O–H groups in total. The first-order valence-electron chi connectivity index (χ1n) is 4.39. The van der Waals surface area contributed by atoms with Crippen molar-refractivity contribution in [3.63, 3.8) is 0 Å². The fraction of sp³-hybridized carbons (Fsp3) is 0.875. The van der Waals surface area contributed by atoms with Gasteiger partial charge in [0.15, 0.2) is 0 Å². The molecule has 1 atom stereocenters. The van der Waals surface area contributed by atoms with E-state index in [4.69, 9.17) is 0 Å². The molecule has 1 amide bonds. The number of hydrogen-bond donors (Lipinski definition) is 1. The zero-order valence-electron chi connectivity index (χ0n) is 8.83. The average Bonchev–Trinajstić information content (AvgIpc) is 2.00. The third-order valence-corrected chi connectivity index (χ3v) is 3.46. The molecule has 0 aliphatic rings. The Labute approximate surface area is 84.6 Å². The van der Waals surface area contributed by atoms with Gasteiger partial charge in [-0.3, -0.25) is 4.79 Å². The van der Waals surface area contributed by atoms with E-state index >= 15 is 0 Å². The number of rotatable bonds is 4. The molecule has 5 nitrogen and oxygen atoms in total. The third kappa shape index (κ3) is 3.26. The van der Waals surface area contributed by atoms with E-state index in [1.54, 1.807) is 6.92 Å². The van der Waals surface area contributed by atoms with Gasteiger partial charge in [0.2, 0.25) is 5.91 Å². The van der Waals surface area contributed by atoms with Gasteiger partial charge in [0, 0.05) is 5.92 Å². The Morgan fingerprint density at radius 2 is 1.93 bits per heavy atom. The second-order valence-electron chi connectivity index (χ2n) is 3.76. The second kappa shape index (κ2) is 4.27. The van der Waals surface area contributed by atoms with E-state index in [9.17, 15) is 17.8 Å². The van der Waals surface area contributed by atoms with Crippen LogP contribution < -0.4 is 5.32 Å². The fourth-order valence-electron chi connectivity index (χ4n) is 0.668. The van der Waals surface area contributed by atoms with Crippen LogP contribution in [0.1, 0.15) is 34.1 Å². The molecule has 0 radical (unpaired) electrons. The molecule has 0 rings (SSSR count). The summed E-state index contributed by atoms with van der Waals surface area (Å²) < 4.78 is 32.2. The van der Waals surface area contributed by atoms with E-state index < -0.39 is 20.9 Å². The van der Waals surface area contributed by atoms with Crippen LogP contribution in [0.5, 0.6) is 0 Å². The summed E-state index contributed by atoms with van der Waals surface area (Å²) in [5.41, 5.74) is 0. The van der Waals surface area contributed by atoms with Crippen LogP contribution in [0.4, 0.5) is 0 Å². The van der Waals surface area contributed by atoms with Gasteiger partial charge in [-0.1, -0.05) is 13.8 Å². The molecule has 0 saturated heterocycles. The first kappa shape index (κ1) is 13.4. The van der Waals surface area contributed by atoms with Crippen LogP contribution in [-0.2, 0) is 14.9 Å². The van der Waals surface area contributed by atoms with Crippen molar-refractivity contribution in [2.45, 2.75) is 39.0 Å². The summed E-state index contributed by atoms with van der Waals surface area (Å²) in [4.78, 5) is 9.58. The Balaban J connectivity index is 4.62. The highest BCUT2D eigenvalue weighted by atomic mass is 32.2. The predicted molar refractivity (Wildman–Crippen MR) is 51.4 cm³/mol. The molecule has 0 fully saturated rings. The van der Waals surface area contributed by atoms with Crippen molar-refractivity contribution in [3.05, 3.63) is 0 Å². The number of carbonyl (C=O) groups is 1. The molecule has 1 unspecified atom stereocenters. The van der Waals surface area contributed by atoms with Gasteiger partial charge in [-0.2, -0.15) is 0 Å². The first-order valence-corrected chi connectivity index (χ1v) is 5.80. The van der Waals surface area contributed by atoms with Crippen LogP contribution in [0.25, 0.3) is 0 Å². The molecule has 6 heteroatoms. The third-order valence-electron chi connectivity index (χ3n) is 2.11.